The highest BCUT2D eigenvalue weighted by Crippen LogP contribution is 2.45. The van der Waals surface area contributed by atoms with Crippen LogP contribution >= 0.6 is 0 Å². The van der Waals surface area contributed by atoms with E-state index in [4.69, 9.17) is 4.74 Å². The Morgan fingerprint density at radius 1 is 0.978 bits per heavy atom. The van der Waals surface area contributed by atoms with Gasteiger partial charge in [-0.2, -0.15) is 44.3 Å². The van der Waals surface area contributed by atoms with Gasteiger partial charge in [-0.15, -0.1) is 5.10 Å². The first-order valence-electron chi connectivity index (χ1n) is 14.3. The highest BCUT2D eigenvalue weighted by molar-refractivity contribution is 5.89. The number of nitrogens with zero attached hydrogens (tertiary/aromatic N) is 6. The fourth-order valence-corrected chi connectivity index (χ4v) is 5.28. The Morgan fingerprint density at radius 3 is 2.11 bits per heavy atom. The zero-order valence-corrected chi connectivity index (χ0v) is 25.2. The van der Waals surface area contributed by atoms with Crippen LogP contribution in [0.1, 0.15) is 79.5 Å². The number of alkyl halides is 9. The van der Waals surface area contributed by atoms with Crippen LogP contribution in [0.25, 0.3) is 0 Å². The van der Waals surface area contributed by atoms with E-state index in [-0.39, 0.29) is 54.6 Å². The highest BCUT2D eigenvalue weighted by atomic mass is 19.4. The minimum atomic E-state index is -5.11. The largest absolute Gasteiger partial charge is 0.446 e. The summed E-state index contributed by atoms with van der Waals surface area (Å²) >= 11 is 0. The third-order valence-corrected chi connectivity index (χ3v) is 7.68. The molecule has 0 radical (unpaired) electrons. The molecular formula is C29H31F9N6O2. The van der Waals surface area contributed by atoms with E-state index in [9.17, 15) is 44.3 Å². The SMILES string of the molecule is CCc1cc2c(cc1C(F)(F)F)N(C(=O)OC(C)CC)CCCC2N(Cc1cc(C(F)(F)F)cc(C(F)(F)F)c1)c1nnn(C)n1. The van der Waals surface area contributed by atoms with Crippen molar-refractivity contribution in [2.24, 2.45) is 7.05 Å². The summed E-state index contributed by atoms with van der Waals surface area (Å²) in [5, 5.41) is 11.8. The van der Waals surface area contributed by atoms with E-state index in [0.29, 0.717) is 18.6 Å². The Labute approximate surface area is 258 Å². The van der Waals surface area contributed by atoms with Gasteiger partial charge in [-0.25, -0.2) is 4.79 Å². The summed E-state index contributed by atoms with van der Waals surface area (Å²) in [6.07, 6.45) is -15.8. The summed E-state index contributed by atoms with van der Waals surface area (Å²) in [5.74, 6) is -0.196. The molecule has 4 rings (SSSR count). The first kappa shape index (κ1) is 34.8. The van der Waals surface area contributed by atoms with Gasteiger partial charge in [0.05, 0.1) is 35.5 Å². The van der Waals surface area contributed by atoms with Gasteiger partial charge in [-0.3, -0.25) is 4.90 Å². The highest BCUT2D eigenvalue weighted by Gasteiger charge is 2.40. The van der Waals surface area contributed by atoms with Crippen LogP contribution in [0, 0.1) is 0 Å². The molecule has 2 aromatic carbocycles. The average molecular weight is 667 g/mol. The third-order valence-electron chi connectivity index (χ3n) is 7.68. The number of rotatable bonds is 7. The number of carbonyl (C=O) groups excluding carboxylic acids is 1. The molecule has 0 bridgehead atoms. The molecule has 0 saturated heterocycles. The summed E-state index contributed by atoms with van der Waals surface area (Å²) in [6.45, 7) is 4.18. The molecule has 2 unspecified atom stereocenters. The molecule has 8 nitrogen and oxygen atoms in total. The first-order chi connectivity index (χ1) is 21.3. The number of halogens is 9. The predicted octanol–water partition coefficient (Wildman–Crippen LogP) is 8.11. The third kappa shape index (κ3) is 7.66. The number of hydrogen-bond donors (Lipinski definition) is 0. The van der Waals surface area contributed by atoms with Crippen LogP contribution in [-0.4, -0.2) is 38.9 Å². The Bertz CT molecular complexity index is 1520. The Morgan fingerprint density at radius 2 is 1.61 bits per heavy atom. The second kappa shape index (κ2) is 13.0. The smallest absolute Gasteiger partial charge is 0.416 e. The summed E-state index contributed by atoms with van der Waals surface area (Å²) in [6, 6.07) is 2.22. The van der Waals surface area contributed by atoms with E-state index in [0.717, 1.165) is 15.8 Å². The quantitative estimate of drug-likeness (QED) is 0.237. The van der Waals surface area contributed by atoms with Crippen LogP contribution in [0.15, 0.2) is 30.3 Å². The van der Waals surface area contributed by atoms with Crippen molar-refractivity contribution < 1.29 is 49.0 Å². The van der Waals surface area contributed by atoms with Gasteiger partial charge in [0.1, 0.15) is 6.10 Å². The van der Waals surface area contributed by atoms with Gasteiger partial charge in [0.15, 0.2) is 0 Å². The van der Waals surface area contributed by atoms with Gasteiger partial charge >= 0.3 is 24.6 Å². The van der Waals surface area contributed by atoms with E-state index in [1.165, 1.54) is 24.9 Å². The number of aromatic nitrogens is 4. The van der Waals surface area contributed by atoms with Crippen molar-refractivity contribution >= 4 is 17.7 Å². The second-order valence-electron chi connectivity index (χ2n) is 11.0. The van der Waals surface area contributed by atoms with E-state index in [1.54, 1.807) is 13.8 Å². The van der Waals surface area contributed by atoms with Gasteiger partial charge in [0.2, 0.25) is 0 Å². The average Bonchev–Trinajstić information content (AvgIpc) is 3.30. The molecule has 1 aliphatic heterocycles. The summed E-state index contributed by atoms with van der Waals surface area (Å²) in [7, 11) is 1.39. The standard InChI is InChI=1S/C29H31F9N6O2/c1-5-16(3)46-26(45)43-9-7-8-23(21-12-18(6-2)22(14-24(21)43)29(36,37)38)44(25-39-41-42(4)40-25)15-17-10-19(27(30,31)32)13-20(11-17)28(33,34)35/h10-14,16,23H,5-9,15H2,1-4H3. The maximum Gasteiger partial charge on any atom is 0.416 e. The molecule has 2 heterocycles. The van der Waals surface area contributed by atoms with Crippen molar-refractivity contribution in [2.75, 3.05) is 16.3 Å². The lowest BCUT2D eigenvalue weighted by Crippen LogP contribution is -2.35. The van der Waals surface area contributed by atoms with Gasteiger partial charge < -0.3 is 9.64 Å². The number of benzene rings is 2. The molecule has 17 heteroatoms. The van der Waals surface area contributed by atoms with Crippen LogP contribution in [-0.2, 0) is 43.3 Å². The number of anilines is 2. The fourth-order valence-electron chi connectivity index (χ4n) is 5.28. The lowest BCUT2D eigenvalue weighted by molar-refractivity contribution is -0.143. The van der Waals surface area contributed by atoms with E-state index < -0.39 is 65.6 Å². The number of tetrazole rings is 1. The van der Waals surface area contributed by atoms with Gasteiger partial charge in [0.25, 0.3) is 5.95 Å². The molecule has 0 saturated carbocycles. The summed E-state index contributed by atoms with van der Waals surface area (Å²) < 4.78 is 130. The van der Waals surface area contributed by atoms with Crippen molar-refractivity contribution in [1.29, 1.82) is 0 Å². The molecule has 1 aromatic heterocycles. The zero-order valence-electron chi connectivity index (χ0n) is 25.2. The molecule has 1 aliphatic rings. The molecule has 3 aromatic rings. The first-order valence-corrected chi connectivity index (χ1v) is 14.3. The maximum absolute atomic E-state index is 14.2. The van der Waals surface area contributed by atoms with Crippen molar-refractivity contribution in [3.05, 3.63) is 63.7 Å². The number of amides is 1. The molecule has 252 valence electrons. The number of fused-ring (bicyclic) bond motifs is 1. The lowest BCUT2D eigenvalue weighted by Gasteiger charge is -2.33. The van der Waals surface area contributed by atoms with Crippen LogP contribution in [0.5, 0.6) is 0 Å². The van der Waals surface area contributed by atoms with Crippen molar-refractivity contribution in [3.8, 4) is 0 Å². The predicted molar refractivity (Wildman–Crippen MR) is 148 cm³/mol. The number of hydrogen-bond acceptors (Lipinski definition) is 6. The molecule has 0 spiro atoms. The van der Waals surface area contributed by atoms with Crippen LogP contribution < -0.4 is 9.80 Å². The summed E-state index contributed by atoms with van der Waals surface area (Å²) in [5.41, 5.74) is -4.59. The molecule has 1 amide bonds. The topological polar surface area (TPSA) is 76.4 Å². The van der Waals surface area contributed by atoms with Gasteiger partial charge in [-0.1, -0.05) is 25.0 Å². The zero-order chi connectivity index (χ0) is 34.2. The van der Waals surface area contributed by atoms with Gasteiger partial charge in [-0.05, 0) is 78.8 Å². The van der Waals surface area contributed by atoms with E-state index >= 15 is 0 Å². The van der Waals surface area contributed by atoms with E-state index in [2.05, 4.69) is 15.4 Å². The second-order valence-corrected chi connectivity index (χ2v) is 11.0. The van der Waals surface area contributed by atoms with E-state index in [1.807, 2.05) is 0 Å². The normalized spacial score (nSPS) is 16.5. The Kier molecular flexibility index (Phi) is 9.83. The maximum atomic E-state index is 14.2. The van der Waals surface area contributed by atoms with Crippen molar-refractivity contribution in [2.45, 2.75) is 83.7 Å². The fraction of sp³-hybridized carbons (Fsp3) is 0.517. The minimum Gasteiger partial charge on any atom is -0.446 e. The number of ether oxygens (including phenoxy) is 1. The molecular weight excluding hydrogens is 635 g/mol. The molecule has 2 atom stereocenters. The monoisotopic (exact) mass is 666 g/mol. The Hall–Kier alpha value is -4.05. The molecule has 0 aliphatic carbocycles. The molecule has 46 heavy (non-hydrogen) atoms. The van der Waals surface area contributed by atoms with Crippen LogP contribution in [0.3, 0.4) is 0 Å². The Balaban J connectivity index is 1.94. The van der Waals surface area contributed by atoms with Crippen molar-refractivity contribution in [1.82, 2.24) is 20.2 Å². The number of aryl methyl sites for hydroxylation is 2. The summed E-state index contributed by atoms with van der Waals surface area (Å²) in [4.78, 5) is 16.6. The number of carbonyl (C=O) groups is 1. The minimum absolute atomic E-state index is 0.00232. The molecule has 0 fully saturated rings. The van der Waals surface area contributed by atoms with Crippen LogP contribution in [0.2, 0.25) is 0 Å². The van der Waals surface area contributed by atoms with Crippen LogP contribution in [0.4, 0.5) is 55.9 Å². The van der Waals surface area contributed by atoms with Crippen molar-refractivity contribution in [3.63, 3.8) is 0 Å². The molecule has 0 N–H and O–H groups in total. The lowest BCUT2D eigenvalue weighted by atomic mass is 9.93. The van der Waals surface area contributed by atoms with Gasteiger partial charge in [0, 0.05) is 13.1 Å².